The molecule has 2 heterocycles. The largest absolute Gasteiger partial charge is 0.477 e. The first-order chi connectivity index (χ1) is 13.6. The van der Waals surface area contributed by atoms with Crippen LogP contribution in [0.1, 0.15) is 34.4 Å². The number of pyridine rings is 1. The number of hydrogen-bond donors (Lipinski definition) is 0. The van der Waals surface area contributed by atoms with Crippen molar-refractivity contribution in [3.8, 4) is 5.88 Å². The highest BCUT2D eigenvalue weighted by atomic mass is 16.5. The predicted molar refractivity (Wildman–Crippen MR) is 104 cm³/mol. The average molecular weight is 380 g/mol. The Bertz CT molecular complexity index is 904. The number of benzene rings is 1. The van der Waals surface area contributed by atoms with Crippen molar-refractivity contribution >= 4 is 5.97 Å². The van der Waals surface area contributed by atoms with Gasteiger partial charge in [0.2, 0.25) is 5.88 Å². The van der Waals surface area contributed by atoms with Crippen LogP contribution in [0, 0.1) is 13.8 Å². The van der Waals surface area contributed by atoms with E-state index in [2.05, 4.69) is 9.97 Å². The molecule has 0 amide bonds. The van der Waals surface area contributed by atoms with Crippen LogP contribution in [0.3, 0.4) is 0 Å². The van der Waals surface area contributed by atoms with Crippen LogP contribution in [0.2, 0.25) is 0 Å². The van der Waals surface area contributed by atoms with Gasteiger partial charge in [-0.1, -0.05) is 36.4 Å². The van der Waals surface area contributed by atoms with Gasteiger partial charge in [0.15, 0.2) is 5.89 Å². The first-order valence-corrected chi connectivity index (χ1v) is 9.20. The molecule has 28 heavy (non-hydrogen) atoms. The summed E-state index contributed by atoms with van der Waals surface area (Å²) in [6.45, 7) is 4.19. The summed E-state index contributed by atoms with van der Waals surface area (Å²) in [5.74, 6) is 1.40. The van der Waals surface area contributed by atoms with Crippen LogP contribution in [-0.2, 0) is 22.4 Å². The van der Waals surface area contributed by atoms with E-state index >= 15 is 0 Å². The molecule has 0 saturated carbocycles. The molecule has 0 N–H and O–H groups in total. The molecule has 0 bridgehead atoms. The lowest BCUT2D eigenvalue weighted by Gasteiger charge is -2.15. The lowest BCUT2D eigenvalue weighted by molar-refractivity contribution is -0.142. The molecule has 0 saturated heterocycles. The zero-order chi connectivity index (χ0) is 19.9. The normalized spacial score (nSPS) is 11.8. The Balaban J connectivity index is 1.59. The minimum atomic E-state index is -0.363. The fourth-order valence-corrected chi connectivity index (χ4v) is 3.07. The number of rotatable bonds is 8. The van der Waals surface area contributed by atoms with E-state index < -0.39 is 0 Å². The lowest BCUT2D eigenvalue weighted by atomic mass is 9.93. The Morgan fingerprint density at radius 1 is 1.14 bits per heavy atom. The molecule has 6 heteroatoms. The molecule has 1 unspecified atom stereocenters. The summed E-state index contributed by atoms with van der Waals surface area (Å²) in [6.07, 6.45) is 2.91. The van der Waals surface area contributed by atoms with Crippen molar-refractivity contribution in [2.75, 3.05) is 13.7 Å². The van der Waals surface area contributed by atoms with Gasteiger partial charge < -0.3 is 13.9 Å². The first-order valence-electron chi connectivity index (χ1n) is 9.20. The lowest BCUT2D eigenvalue weighted by Crippen LogP contribution is -2.17. The third-order valence-electron chi connectivity index (χ3n) is 4.51. The molecule has 1 atom stereocenters. The zero-order valence-corrected chi connectivity index (χ0v) is 16.3. The smallest absolute Gasteiger partial charge is 0.313 e. The van der Waals surface area contributed by atoms with Crippen LogP contribution in [0.4, 0.5) is 0 Å². The summed E-state index contributed by atoms with van der Waals surface area (Å²) in [5.41, 5.74) is 2.76. The molecule has 2 aromatic heterocycles. The number of nitrogens with zero attached hydrogens (tertiary/aromatic N) is 2. The van der Waals surface area contributed by atoms with Crippen molar-refractivity contribution in [2.24, 2.45) is 0 Å². The van der Waals surface area contributed by atoms with Crippen molar-refractivity contribution in [3.63, 3.8) is 0 Å². The highest BCUT2D eigenvalue weighted by Gasteiger charge is 2.21. The number of ether oxygens (including phenoxy) is 2. The van der Waals surface area contributed by atoms with E-state index in [-0.39, 0.29) is 11.9 Å². The highest BCUT2D eigenvalue weighted by molar-refractivity contribution is 5.78. The number of hydrogen-bond acceptors (Lipinski definition) is 6. The van der Waals surface area contributed by atoms with E-state index in [1.54, 1.807) is 6.20 Å². The standard InChI is InChI=1S/C22H24N2O4/c1-15-20(24-16(2)28-15)11-12-27-21-10-9-17(14-23-21)13-19(22(25)26-3)18-7-5-4-6-8-18/h4-10,14,19H,11-13H2,1-3H3. The Hall–Kier alpha value is -3.15. The van der Waals surface area contributed by atoms with E-state index in [1.807, 2.05) is 56.3 Å². The van der Waals surface area contributed by atoms with Gasteiger partial charge in [-0.3, -0.25) is 4.79 Å². The molecule has 1 aromatic carbocycles. The second kappa shape index (κ2) is 9.17. The molecule has 146 valence electrons. The van der Waals surface area contributed by atoms with Crippen molar-refractivity contribution in [1.29, 1.82) is 0 Å². The van der Waals surface area contributed by atoms with Crippen LogP contribution in [0.15, 0.2) is 53.1 Å². The molecular weight excluding hydrogens is 356 g/mol. The third kappa shape index (κ3) is 4.97. The zero-order valence-electron chi connectivity index (χ0n) is 16.3. The van der Waals surface area contributed by atoms with Gasteiger partial charge in [-0.05, 0) is 24.5 Å². The van der Waals surface area contributed by atoms with Crippen LogP contribution in [-0.4, -0.2) is 29.7 Å². The van der Waals surface area contributed by atoms with Gasteiger partial charge in [0.1, 0.15) is 5.76 Å². The van der Waals surface area contributed by atoms with E-state index in [1.165, 1.54) is 7.11 Å². The van der Waals surface area contributed by atoms with Crippen LogP contribution >= 0.6 is 0 Å². The van der Waals surface area contributed by atoms with Crippen molar-refractivity contribution < 1.29 is 18.7 Å². The minimum Gasteiger partial charge on any atom is -0.477 e. The number of aromatic nitrogens is 2. The Morgan fingerprint density at radius 3 is 2.54 bits per heavy atom. The summed E-state index contributed by atoms with van der Waals surface area (Å²) in [5, 5.41) is 0. The topological polar surface area (TPSA) is 74.5 Å². The number of methoxy groups -OCH3 is 1. The molecule has 0 spiro atoms. The van der Waals surface area contributed by atoms with Gasteiger partial charge in [-0.25, -0.2) is 9.97 Å². The van der Waals surface area contributed by atoms with Gasteiger partial charge in [0.25, 0.3) is 0 Å². The fraction of sp³-hybridized carbons (Fsp3) is 0.318. The van der Waals surface area contributed by atoms with Gasteiger partial charge in [0.05, 0.1) is 25.3 Å². The predicted octanol–water partition coefficient (Wildman–Crippen LogP) is 3.81. The summed E-state index contributed by atoms with van der Waals surface area (Å²) >= 11 is 0. The molecule has 0 radical (unpaired) electrons. The van der Waals surface area contributed by atoms with Crippen molar-refractivity contribution in [2.45, 2.75) is 32.6 Å². The van der Waals surface area contributed by atoms with Gasteiger partial charge >= 0.3 is 5.97 Å². The van der Waals surface area contributed by atoms with Crippen LogP contribution < -0.4 is 4.74 Å². The molecule has 3 rings (SSSR count). The number of carbonyl (C=O) groups excluding carboxylic acids is 1. The number of aryl methyl sites for hydroxylation is 2. The summed E-state index contributed by atoms with van der Waals surface area (Å²) in [6, 6.07) is 13.4. The maximum Gasteiger partial charge on any atom is 0.313 e. The summed E-state index contributed by atoms with van der Waals surface area (Å²) < 4.78 is 16.1. The molecule has 0 fully saturated rings. The SMILES string of the molecule is COC(=O)C(Cc1ccc(OCCc2nc(C)oc2C)nc1)c1ccccc1. The molecule has 0 aliphatic rings. The van der Waals surface area contributed by atoms with Crippen LogP contribution in [0.25, 0.3) is 0 Å². The van der Waals surface area contributed by atoms with Gasteiger partial charge in [0, 0.05) is 25.6 Å². The Morgan fingerprint density at radius 2 is 1.93 bits per heavy atom. The number of carbonyl (C=O) groups is 1. The maximum atomic E-state index is 12.2. The van der Waals surface area contributed by atoms with E-state index in [9.17, 15) is 4.79 Å². The van der Waals surface area contributed by atoms with E-state index in [4.69, 9.17) is 13.9 Å². The second-order valence-corrected chi connectivity index (χ2v) is 6.53. The molecule has 6 nitrogen and oxygen atoms in total. The fourth-order valence-electron chi connectivity index (χ4n) is 3.07. The van der Waals surface area contributed by atoms with E-state index in [0.29, 0.717) is 31.2 Å². The third-order valence-corrected chi connectivity index (χ3v) is 4.51. The number of oxazole rings is 1. The van der Waals surface area contributed by atoms with Crippen molar-refractivity contribution in [1.82, 2.24) is 9.97 Å². The quantitative estimate of drug-likeness (QED) is 0.553. The maximum absolute atomic E-state index is 12.2. The molecule has 0 aliphatic carbocycles. The molecular formula is C22H24N2O4. The molecule has 3 aromatic rings. The first kappa shape index (κ1) is 19.6. The highest BCUT2D eigenvalue weighted by Crippen LogP contribution is 2.23. The van der Waals surface area contributed by atoms with Crippen molar-refractivity contribution in [3.05, 3.63) is 77.1 Å². The molecule has 0 aliphatic heterocycles. The Kier molecular flexibility index (Phi) is 6.42. The minimum absolute atomic E-state index is 0.259. The monoisotopic (exact) mass is 380 g/mol. The van der Waals surface area contributed by atoms with E-state index in [0.717, 1.165) is 22.6 Å². The Labute approximate surface area is 164 Å². The average Bonchev–Trinajstić information content (AvgIpc) is 3.04. The van der Waals surface area contributed by atoms with Gasteiger partial charge in [-0.15, -0.1) is 0 Å². The number of esters is 1. The van der Waals surface area contributed by atoms with Crippen LogP contribution in [0.5, 0.6) is 5.88 Å². The summed E-state index contributed by atoms with van der Waals surface area (Å²) in [7, 11) is 1.41. The van der Waals surface area contributed by atoms with Gasteiger partial charge in [-0.2, -0.15) is 0 Å². The second-order valence-electron chi connectivity index (χ2n) is 6.53. The summed E-state index contributed by atoms with van der Waals surface area (Å²) in [4.78, 5) is 20.9.